The van der Waals surface area contributed by atoms with Crippen LogP contribution in [0.25, 0.3) is 0 Å². The van der Waals surface area contributed by atoms with Gasteiger partial charge in [-0.05, 0) is 57.8 Å². The summed E-state index contributed by atoms with van der Waals surface area (Å²) in [6, 6.07) is 0. The third kappa shape index (κ3) is 64.5. The Hall–Kier alpha value is -2.37. The highest BCUT2D eigenvalue weighted by Crippen LogP contribution is 2.18. The second-order valence-electron chi connectivity index (χ2n) is 23.8. The number of ether oxygens (including phenoxy) is 3. The standard InChI is InChI=1S/C72H134O6/c1-4-7-10-13-16-19-22-24-26-28-30-32-34-35-36-38-39-41-43-45-47-50-53-56-59-62-65-71(74)77-68-69(67-76-70(73)64-61-58-55-52-49-21-18-15-12-9-6-3)78-72(75)66-63-60-57-54-51-48-46-44-42-40-37-33-31-29-27-25-23-20-17-14-11-8-5-2/h23,25,29,31,37,40,69H,4-22,24,26-28,30,32-36,38-39,41-68H2,1-3H3/b25-23-,31-29-,40-37-. The first-order valence-corrected chi connectivity index (χ1v) is 35.0. The number of rotatable bonds is 65. The lowest BCUT2D eigenvalue weighted by molar-refractivity contribution is -0.167. The van der Waals surface area contributed by atoms with Crippen molar-refractivity contribution in [2.24, 2.45) is 0 Å². The van der Waals surface area contributed by atoms with Crippen molar-refractivity contribution < 1.29 is 28.6 Å². The minimum Gasteiger partial charge on any atom is -0.462 e. The van der Waals surface area contributed by atoms with Gasteiger partial charge in [0.15, 0.2) is 6.10 Å². The molecule has 1 atom stereocenters. The fraction of sp³-hybridized carbons (Fsp3) is 0.875. The van der Waals surface area contributed by atoms with Crippen molar-refractivity contribution in [2.45, 2.75) is 393 Å². The monoisotopic (exact) mass is 1100 g/mol. The zero-order valence-electron chi connectivity index (χ0n) is 52.7. The van der Waals surface area contributed by atoms with Crippen LogP contribution in [-0.4, -0.2) is 37.2 Å². The Morgan fingerprint density at radius 2 is 0.462 bits per heavy atom. The van der Waals surface area contributed by atoms with Gasteiger partial charge in [-0.3, -0.25) is 14.4 Å². The van der Waals surface area contributed by atoms with Crippen molar-refractivity contribution in [1.29, 1.82) is 0 Å². The van der Waals surface area contributed by atoms with E-state index in [-0.39, 0.29) is 31.1 Å². The quantitative estimate of drug-likeness (QED) is 0.0261. The lowest BCUT2D eigenvalue weighted by Gasteiger charge is -2.18. The first-order chi connectivity index (χ1) is 38.5. The van der Waals surface area contributed by atoms with Crippen molar-refractivity contribution in [3.63, 3.8) is 0 Å². The lowest BCUT2D eigenvalue weighted by atomic mass is 10.0. The Morgan fingerprint density at radius 1 is 0.256 bits per heavy atom. The van der Waals surface area contributed by atoms with Crippen LogP contribution in [0.15, 0.2) is 36.5 Å². The summed E-state index contributed by atoms with van der Waals surface area (Å²) in [5, 5.41) is 0. The highest BCUT2D eigenvalue weighted by molar-refractivity contribution is 5.71. The van der Waals surface area contributed by atoms with Crippen LogP contribution in [0.5, 0.6) is 0 Å². The summed E-state index contributed by atoms with van der Waals surface area (Å²) in [6.45, 7) is 6.69. The molecule has 0 aliphatic heterocycles. The van der Waals surface area contributed by atoms with E-state index < -0.39 is 6.10 Å². The summed E-state index contributed by atoms with van der Waals surface area (Å²) in [5.74, 6) is -0.850. The normalized spacial score (nSPS) is 12.2. The second kappa shape index (κ2) is 67.1. The molecule has 458 valence electrons. The van der Waals surface area contributed by atoms with Gasteiger partial charge in [0.05, 0.1) is 0 Å². The van der Waals surface area contributed by atoms with Gasteiger partial charge in [0.1, 0.15) is 13.2 Å². The molecular formula is C72H134O6. The summed E-state index contributed by atoms with van der Waals surface area (Å²) in [5.41, 5.74) is 0. The minimum atomic E-state index is -0.773. The summed E-state index contributed by atoms with van der Waals surface area (Å²) >= 11 is 0. The topological polar surface area (TPSA) is 78.9 Å². The van der Waals surface area contributed by atoms with Crippen molar-refractivity contribution in [3.8, 4) is 0 Å². The van der Waals surface area contributed by atoms with Gasteiger partial charge >= 0.3 is 17.9 Å². The summed E-state index contributed by atoms with van der Waals surface area (Å²) < 4.78 is 17.0. The van der Waals surface area contributed by atoms with Gasteiger partial charge in [0.2, 0.25) is 0 Å². The van der Waals surface area contributed by atoms with Crippen LogP contribution >= 0.6 is 0 Å². The first-order valence-electron chi connectivity index (χ1n) is 35.0. The molecule has 0 aromatic rings. The van der Waals surface area contributed by atoms with E-state index in [1.165, 1.54) is 270 Å². The number of carbonyl (C=O) groups is 3. The maximum Gasteiger partial charge on any atom is 0.306 e. The Morgan fingerprint density at radius 3 is 0.718 bits per heavy atom. The Balaban J connectivity index is 4.19. The van der Waals surface area contributed by atoms with Crippen LogP contribution in [0.3, 0.4) is 0 Å². The molecule has 6 nitrogen and oxygen atoms in total. The highest BCUT2D eigenvalue weighted by Gasteiger charge is 2.19. The van der Waals surface area contributed by atoms with E-state index in [1.807, 2.05) is 0 Å². The van der Waals surface area contributed by atoms with E-state index in [0.29, 0.717) is 19.3 Å². The van der Waals surface area contributed by atoms with Crippen LogP contribution in [-0.2, 0) is 28.6 Å². The van der Waals surface area contributed by atoms with Crippen LogP contribution in [0.4, 0.5) is 0 Å². The van der Waals surface area contributed by atoms with E-state index in [9.17, 15) is 14.4 Å². The SMILES string of the molecule is CCCCCCC/C=C\C/C=C\C/C=C\CCCCCCCCCCC(=O)OC(COC(=O)CCCCCCCCCCCCC)COC(=O)CCCCCCCCCCCCCCCCCCCCCCCCCCCC. The second-order valence-corrected chi connectivity index (χ2v) is 23.8. The average molecular weight is 1100 g/mol. The fourth-order valence-electron chi connectivity index (χ4n) is 10.6. The summed E-state index contributed by atoms with van der Waals surface area (Å²) in [6.07, 6.45) is 83.2. The Kier molecular flexibility index (Phi) is 65.1. The molecule has 78 heavy (non-hydrogen) atoms. The number of allylic oxidation sites excluding steroid dienone is 6. The molecule has 1 unspecified atom stereocenters. The van der Waals surface area contributed by atoms with Crippen molar-refractivity contribution >= 4 is 17.9 Å². The van der Waals surface area contributed by atoms with Gasteiger partial charge in [0, 0.05) is 19.3 Å². The molecule has 0 saturated carbocycles. The van der Waals surface area contributed by atoms with Crippen LogP contribution in [0.2, 0.25) is 0 Å². The molecule has 0 rings (SSSR count). The third-order valence-electron chi connectivity index (χ3n) is 15.9. The number of carbonyl (C=O) groups excluding carboxylic acids is 3. The van der Waals surface area contributed by atoms with E-state index >= 15 is 0 Å². The number of hydrogen-bond donors (Lipinski definition) is 0. The molecule has 0 aliphatic rings. The Bertz CT molecular complexity index is 1300. The zero-order valence-corrected chi connectivity index (χ0v) is 52.7. The molecular weight excluding hydrogens is 961 g/mol. The molecule has 0 bridgehead atoms. The van der Waals surface area contributed by atoms with Crippen molar-refractivity contribution in [1.82, 2.24) is 0 Å². The maximum absolute atomic E-state index is 12.9. The number of hydrogen-bond acceptors (Lipinski definition) is 6. The molecule has 0 aromatic heterocycles. The molecule has 6 heteroatoms. The fourth-order valence-corrected chi connectivity index (χ4v) is 10.6. The summed E-state index contributed by atoms with van der Waals surface area (Å²) in [4.78, 5) is 38.3. The van der Waals surface area contributed by atoms with Gasteiger partial charge in [-0.2, -0.15) is 0 Å². The number of unbranched alkanes of at least 4 members (excludes halogenated alkanes) is 48. The van der Waals surface area contributed by atoms with Gasteiger partial charge in [-0.15, -0.1) is 0 Å². The first kappa shape index (κ1) is 75.6. The van der Waals surface area contributed by atoms with Crippen molar-refractivity contribution in [3.05, 3.63) is 36.5 Å². The minimum absolute atomic E-state index is 0.0696. The van der Waals surface area contributed by atoms with Gasteiger partial charge < -0.3 is 14.2 Å². The molecule has 0 saturated heterocycles. The number of esters is 3. The molecule has 0 N–H and O–H groups in total. The average Bonchev–Trinajstić information content (AvgIpc) is 3.44. The largest absolute Gasteiger partial charge is 0.462 e. The molecule has 0 heterocycles. The lowest BCUT2D eigenvalue weighted by Crippen LogP contribution is -2.30. The summed E-state index contributed by atoms with van der Waals surface area (Å²) in [7, 11) is 0. The predicted molar refractivity (Wildman–Crippen MR) is 339 cm³/mol. The van der Waals surface area contributed by atoms with Gasteiger partial charge in [-0.1, -0.05) is 346 Å². The zero-order chi connectivity index (χ0) is 56.4. The third-order valence-corrected chi connectivity index (χ3v) is 15.9. The smallest absolute Gasteiger partial charge is 0.306 e. The molecule has 0 spiro atoms. The van der Waals surface area contributed by atoms with E-state index in [1.54, 1.807) is 0 Å². The van der Waals surface area contributed by atoms with E-state index in [4.69, 9.17) is 14.2 Å². The van der Waals surface area contributed by atoms with Crippen molar-refractivity contribution in [2.75, 3.05) is 13.2 Å². The van der Waals surface area contributed by atoms with Crippen LogP contribution in [0.1, 0.15) is 387 Å². The van der Waals surface area contributed by atoms with Crippen LogP contribution in [0, 0.1) is 0 Å². The Labute approximate surface area is 486 Å². The van der Waals surface area contributed by atoms with E-state index in [2.05, 4.69) is 57.2 Å². The molecule has 0 radical (unpaired) electrons. The van der Waals surface area contributed by atoms with Crippen LogP contribution < -0.4 is 0 Å². The van der Waals surface area contributed by atoms with E-state index in [0.717, 1.165) is 77.0 Å². The maximum atomic E-state index is 12.9. The molecule has 0 aliphatic carbocycles. The predicted octanol–water partition coefficient (Wildman–Crippen LogP) is 23.9. The molecule has 0 aromatic carbocycles. The molecule has 0 fully saturated rings. The highest BCUT2D eigenvalue weighted by atomic mass is 16.6. The van der Waals surface area contributed by atoms with Gasteiger partial charge in [0.25, 0.3) is 0 Å². The molecule has 0 amide bonds. The van der Waals surface area contributed by atoms with Gasteiger partial charge in [-0.25, -0.2) is 0 Å².